The molecule has 0 bridgehead atoms. The quantitative estimate of drug-likeness (QED) is 0.749. The van der Waals surface area contributed by atoms with Gasteiger partial charge >= 0.3 is 0 Å². The van der Waals surface area contributed by atoms with E-state index < -0.39 is 0 Å². The van der Waals surface area contributed by atoms with Gasteiger partial charge in [-0.3, -0.25) is 9.59 Å². The van der Waals surface area contributed by atoms with Gasteiger partial charge < -0.3 is 0 Å². The number of carbonyl (C=O) groups excluding carboxylic acids is 2. The maximum Gasteiger partial charge on any atom is 0.190 e. The van der Waals surface area contributed by atoms with Crippen LogP contribution in [0.1, 0.15) is 61.8 Å². The molecule has 0 spiro atoms. The van der Waals surface area contributed by atoms with Gasteiger partial charge in [-0.25, -0.2) is 0 Å². The second-order valence-corrected chi connectivity index (χ2v) is 6.57. The molecule has 0 unspecified atom stereocenters. The van der Waals surface area contributed by atoms with E-state index in [9.17, 15) is 9.59 Å². The molecule has 0 amide bonds. The molecule has 0 aromatic heterocycles. The number of benzene rings is 1. The number of ketones is 2. The van der Waals surface area contributed by atoms with Crippen molar-refractivity contribution in [1.82, 2.24) is 0 Å². The first kappa shape index (κ1) is 15.4. The van der Waals surface area contributed by atoms with Crippen molar-refractivity contribution in [1.29, 1.82) is 0 Å². The van der Waals surface area contributed by atoms with Gasteiger partial charge in [0.1, 0.15) is 0 Å². The number of carbonyl (C=O) groups is 2. The lowest BCUT2D eigenvalue weighted by Gasteiger charge is -2.31. The zero-order valence-corrected chi connectivity index (χ0v) is 13.4. The number of Topliss-reactive ketones (excluding diaryl/α,β-unsaturated/α-hetero) is 2. The summed E-state index contributed by atoms with van der Waals surface area (Å²) in [6, 6.07) is 7.10. The van der Waals surface area contributed by atoms with Crippen molar-refractivity contribution < 1.29 is 9.59 Å². The van der Waals surface area contributed by atoms with Crippen LogP contribution in [0.15, 0.2) is 47.1 Å². The Morgan fingerprint density at radius 3 is 2.10 bits per heavy atom. The van der Waals surface area contributed by atoms with Gasteiger partial charge in [-0.05, 0) is 32.6 Å². The lowest BCUT2D eigenvalue weighted by Crippen LogP contribution is -2.29. The molecule has 2 heteroatoms. The average Bonchev–Trinajstić information content (AvgIpc) is 2.43. The predicted octanol–water partition coefficient (Wildman–Crippen LogP) is 4.76. The Morgan fingerprint density at radius 1 is 1.05 bits per heavy atom. The van der Waals surface area contributed by atoms with Gasteiger partial charge in [0.2, 0.25) is 0 Å². The fraction of sp³-hybridized carbons (Fsp3) is 0.368. The lowest BCUT2D eigenvalue weighted by molar-refractivity contribution is 0.0954. The van der Waals surface area contributed by atoms with E-state index in [1.807, 2.05) is 33.8 Å². The maximum absolute atomic E-state index is 12.8. The molecule has 110 valence electrons. The molecule has 0 heterocycles. The second-order valence-electron chi connectivity index (χ2n) is 6.57. The minimum absolute atomic E-state index is 0.00476. The van der Waals surface area contributed by atoms with Crippen LogP contribution in [0.25, 0.3) is 0 Å². The first-order valence-electron chi connectivity index (χ1n) is 7.29. The number of fused-ring (bicyclic) bond motifs is 1. The normalized spacial score (nSPS) is 15.1. The van der Waals surface area contributed by atoms with Crippen LogP contribution in [0.4, 0.5) is 0 Å². The molecule has 0 N–H and O–H groups in total. The van der Waals surface area contributed by atoms with E-state index in [0.717, 1.165) is 6.42 Å². The Bertz CT molecular complexity index is 669. The molecular weight excluding hydrogens is 260 g/mol. The lowest BCUT2D eigenvalue weighted by atomic mass is 9.71. The van der Waals surface area contributed by atoms with Gasteiger partial charge in [0, 0.05) is 22.3 Å². The molecule has 1 aliphatic rings. The van der Waals surface area contributed by atoms with Gasteiger partial charge in [0.05, 0.1) is 0 Å². The summed E-state index contributed by atoms with van der Waals surface area (Å²) in [7, 11) is 0. The summed E-state index contributed by atoms with van der Waals surface area (Å²) in [6.45, 7) is 9.92. The highest BCUT2D eigenvalue weighted by atomic mass is 16.1. The van der Waals surface area contributed by atoms with E-state index >= 15 is 0 Å². The van der Waals surface area contributed by atoms with Crippen molar-refractivity contribution in [2.24, 2.45) is 5.41 Å². The third-order valence-corrected chi connectivity index (χ3v) is 4.06. The number of hydrogen-bond donors (Lipinski definition) is 0. The Balaban J connectivity index is 2.54. The van der Waals surface area contributed by atoms with Crippen LogP contribution in [0, 0.1) is 5.41 Å². The predicted molar refractivity (Wildman–Crippen MR) is 85.6 cm³/mol. The van der Waals surface area contributed by atoms with Crippen molar-refractivity contribution in [3.63, 3.8) is 0 Å². The van der Waals surface area contributed by atoms with E-state index in [1.165, 1.54) is 5.57 Å². The molecule has 0 saturated heterocycles. The van der Waals surface area contributed by atoms with Crippen molar-refractivity contribution in [2.45, 2.75) is 41.0 Å². The summed E-state index contributed by atoms with van der Waals surface area (Å²) in [4.78, 5) is 25.4. The summed E-state index contributed by atoms with van der Waals surface area (Å²) in [5.41, 5.74) is 3.18. The zero-order valence-electron chi connectivity index (χ0n) is 13.4. The average molecular weight is 282 g/mol. The van der Waals surface area contributed by atoms with Crippen LogP contribution in [0.2, 0.25) is 0 Å². The summed E-state index contributed by atoms with van der Waals surface area (Å²) < 4.78 is 0. The third kappa shape index (κ3) is 2.76. The largest absolute Gasteiger partial charge is 0.289 e. The number of hydrogen-bond acceptors (Lipinski definition) is 2. The smallest absolute Gasteiger partial charge is 0.190 e. The molecule has 1 aromatic carbocycles. The molecule has 0 atom stereocenters. The molecule has 1 aromatic rings. The highest BCUT2D eigenvalue weighted by Gasteiger charge is 2.37. The minimum Gasteiger partial charge on any atom is -0.289 e. The Labute approximate surface area is 126 Å². The summed E-state index contributed by atoms with van der Waals surface area (Å²) in [5.74, 6) is -0.0275. The van der Waals surface area contributed by atoms with Gasteiger partial charge in [-0.2, -0.15) is 0 Å². The second kappa shape index (κ2) is 5.44. The van der Waals surface area contributed by atoms with E-state index in [2.05, 4.69) is 6.08 Å². The minimum atomic E-state index is -0.346. The van der Waals surface area contributed by atoms with Crippen LogP contribution in [0.5, 0.6) is 0 Å². The Morgan fingerprint density at radius 2 is 1.57 bits per heavy atom. The standard InChI is InChI=1S/C19H22O2/c1-12(2)10-11-19(4,5)16-13(3)17(20)14-8-6-7-9-15(14)18(16)21/h6-10H,11H2,1-5H3. The summed E-state index contributed by atoms with van der Waals surface area (Å²) >= 11 is 0. The molecule has 0 aliphatic heterocycles. The van der Waals surface area contributed by atoms with Gasteiger partial charge in [0.25, 0.3) is 0 Å². The van der Waals surface area contributed by atoms with Gasteiger partial charge in [-0.15, -0.1) is 0 Å². The molecule has 0 fully saturated rings. The van der Waals surface area contributed by atoms with Crippen molar-refractivity contribution in [3.8, 4) is 0 Å². The van der Waals surface area contributed by atoms with Gasteiger partial charge in [-0.1, -0.05) is 49.8 Å². The number of allylic oxidation sites excluding steroid dienone is 4. The number of rotatable bonds is 3. The van der Waals surface area contributed by atoms with Crippen LogP contribution in [-0.2, 0) is 0 Å². The molecule has 0 radical (unpaired) electrons. The summed E-state index contributed by atoms with van der Waals surface area (Å²) in [6.07, 6.45) is 2.88. The third-order valence-electron chi connectivity index (χ3n) is 4.06. The van der Waals surface area contributed by atoms with Crippen LogP contribution in [0.3, 0.4) is 0 Å². The van der Waals surface area contributed by atoms with E-state index in [1.54, 1.807) is 25.1 Å². The molecular formula is C19H22O2. The first-order chi connectivity index (χ1) is 9.75. The highest BCUT2D eigenvalue weighted by Crippen LogP contribution is 2.39. The van der Waals surface area contributed by atoms with Crippen molar-refractivity contribution in [2.75, 3.05) is 0 Å². The topological polar surface area (TPSA) is 34.1 Å². The maximum atomic E-state index is 12.8. The summed E-state index contributed by atoms with van der Waals surface area (Å²) in [5, 5.41) is 0. The highest BCUT2D eigenvalue weighted by molar-refractivity contribution is 6.27. The van der Waals surface area contributed by atoms with E-state index in [0.29, 0.717) is 22.3 Å². The first-order valence-corrected chi connectivity index (χ1v) is 7.29. The Kier molecular flexibility index (Phi) is 3.99. The Hall–Kier alpha value is -1.96. The van der Waals surface area contributed by atoms with Gasteiger partial charge in [0.15, 0.2) is 11.6 Å². The molecule has 21 heavy (non-hydrogen) atoms. The molecule has 2 nitrogen and oxygen atoms in total. The van der Waals surface area contributed by atoms with E-state index in [4.69, 9.17) is 0 Å². The zero-order chi connectivity index (χ0) is 15.8. The molecule has 1 aliphatic carbocycles. The monoisotopic (exact) mass is 282 g/mol. The fourth-order valence-electron chi connectivity index (χ4n) is 2.88. The molecule has 2 rings (SSSR count). The van der Waals surface area contributed by atoms with Crippen LogP contribution >= 0.6 is 0 Å². The van der Waals surface area contributed by atoms with Crippen molar-refractivity contribution in [3.05, 3.63) is 58.2 Å². The SMILES string of the molecule is CC(C)=CCC(C)(C)C1=C(C)C(=O)c2ccccc2C1=O. The fourth-order valence-corrected chi connectivity index (χ4v) is 2.88. The molecule has 0 saturated carbocycles. The van der Waals surface area contributed by atoms with Crippen LogP contribution < -0.4 is 0 Å². The van der Waals surface area contributed by atoms with Crippen molar-refractivity contribution >= 4 is 11.6 Å². The van der Waals surface area contributed by atoms with Crippen LogP contribution in [-0.4, -0.2) is 11.6 Å². The van der Waals surface area contributed by atoms with E-state index in [-0.39, 0.29) is 17.0 Å².